The second-order valence-electron chi connectivity index (χ2n) is 9.38. The Morgan fingerprint density at radius 3 is 2.24 bits per heavy atom. The average Bonchev–Trinajstić information content (AvgIpc) is 2.83. The van der Waals surface area contributed by atoms with Gasteiger partial charge in [-0.3, -0.25) is 9.59 Å². The van der Waals surface area contributed by atoms with Gasteiger partial charge < -0.3 is 24.8 Å². The van der Waals surface area contributed by atoms with Crippen LogP contribution in [0.25, 0.3) is 0 Å². The molecule has 0 bridgehead atoms. The Morgan fingerprint density at radius 2 is 1.65 bits per heavy atom. The van der Waals surface area contributed by atoms with E-state index in [0.29, 0.717) is 12.8 Å². The summed E-state index contributed by atoms with van der Waals surface area (Å²) in [7, 11) is 1.16. The minimum absolute atomic E-state index is 0.0199. The van der Waals surface area contributed by atoms with E-state index in [9.17, 15) is 19.2 Å². The predicted molar refractivity (Wildman–Crippen MR) is 125 cm³/mol. The van der Waals surface area contributed by atoms with Gasteiger partial charge in [0.25, 0.3) is 0 Å². The Bertz CT molecular complexity index is 829. The van der Waals surface area contributed by atoms with Gasteiger partial charge in [-0.05, 0) is 39.2 Å². The van der Waals surface area contributed by atoms with Gasteiger partial charge in [0.05, 0.1) is 19.3 Å². The molecular formula is C25H36N2O7. The van der Waals surface area contributed by atoms with Crippen molar-refractivity contribution in [3.63, 3.8) is 0 Å². The quantitative estimate of drug-likeness (QED) is 0.393. The minimum Gasteiger partial charge on any atom is -0.467 e. The van der Waals surface area contributed by atoms with E-state index < -0.39 is 35.7 Å². The van der Waals surface area contributed by atoms with Crippen molar-refractivity contribution >= 4 is 23.8 Å². The number of methoxy groups -OCH3 is 1. The van der Waals surface area contributed by atoms with E-state index in [1.807, 2.05) is 18.2 Å². The van der Waals surface area contributed by atoms with Crippen LogP contribution in [0, 0.1) is 5.92 Å². The highest BCUT2D eigenvalue weighted by molar-refractivity contribution is 6.07. The number of rotatable bonds is 10. The molecule has 188 valence electrons. The number of alkyl carbamates (subject to hydrolysis) is 1. The molecule has 34 heavy (non-hydrogen) atoms. The summed E-state index contributed by atoms with van der Waals surface area (Å²) < 4.78 is 15.7. The smallest absolute Gasteiger partial charge is 0.408 e. The zero-order valence-corrected chi connectivity index (χ0v) is 20.4. The first-order valence-corrected chi connectivity index (χ1v) is 11.6. The molecule has 2 atom stereocenters. The van der Waals surface area contributed by atoms with Gasteiger partial charge in [-0.1, -0.05) is 49.6 Å². The molecule has 9 heteroatoms. The normalized spacial score (nSPS) is 16.1. The van der Waals surface area contributed by atoms with Gasteiger partial charge in [0, 0.05) is 5.92 Å². The van der Waals surface area contributed by atoms with Gasteiger partial charge >= 0.3 is 12.1 Å². The zero-order valence-electron chi connectivity index (χ0n) is 20.4. The number of Topliss-reactive ketones (excluding diaryl/α,β-unsaturated/α-hetero) is 1. The number of hydrogen-bond donors (Lipinski definition) is 2. The molecule has 1 unspecified atom stereocenters. The Labute approximate surface area is 200 Å². The number of carbonyl (C=O) groups excluding carboxylic acids is 4. The van der Waals surface area contributed by atoms with Crippen LogP contribution in [-0.4, -0.2) is 55.2 Å². The van der Waals surface area contributed by atoms with Crippen molar-refractivity contribution < 1.29 is 33.4 Å². The third-order valence-electron chi connectivity index (χ3n) is 5.52. The third kappa shape index (κ3) is 9.13. The minimum atomic E-state index is -1.44. The number of esters is 1. The lowest BCUT2D eigenvalue weighted by Crippen LogP contribution is -2.57. The molecule has 0 radical (unpaired) electrons. The first-order chi connectivity index (χ1) is 16.1. The predicted octanol–water partition coefficient (Wildman–Crippen LogP) is 2.90. The van der Waals surface area contributed by atoms with E-state index in [-0.39, 0.29) is 24.9 Å². The van der Waals surface area contributed by atoms with Gasteiger partial charge in [0.1, 0.15) is 12.6 Å². The summed E-state index contributed by atoms with van der Waals surface area (Å²) >= 11 is 0. The maximum atomic E-state index is 13.1. The van der Waals surface area contributed by atoms with Crippen molar-refractivity contribution in [2.75, 3.05) is 13.7 Å². The lowest BCUT2D eigenvalue weighted by Gasteiger charge is -2.27. The monoisotopic (exact) mass is 476 g/mol. The average molecular weight is 477 g/mol. The fourth-order valence-corrected chi connectivity index (χ4v) is 3.65. The molecule has 1 aromatic rings. The van der Waals surface area contributed by atoms with Gasteiger partial charge in [-0.25, -0.2) is 9.59 Å². The Kier molecular flexibility index (Phi) is 10.5. The molecule has 1 aromatic carbocycles. The summed E-state index contributed by atoms with van der Waals surface area (Å²) in [6.45, 7) is 5.26. The van der Waals surface area contributed by atoms with Crippen molar-refractivity contribution in [3.05, 3.63) is 35.9 Å². The maximum absolute atomic E-state index is 13.1. The molecule has 2 N–H and O–H groups in total. The van der Waals surface area contributed by atoms with Crippen molar-refractivity contribution in [2.24, 2.45) is 5.92 Å². The number of carbonyl (C=O) groups is 4. The molecule has 0 spiro atoms. The number of amides is 2. The second kappa shape index (κ2) is 13.1. The number of hydrogen-bond acceptors (Lipinski definition) is 7. The standard InChI is InChI=1S/C25H36N2O7/c1-25(2,3)34-16-19(26-24(31)33-15-17-11-7-5-8-12-17)22(29)27-20(23(30)32-4)21(28)18-13-9-6-10-14-18/h5,7-8,11-12,18-20H,6,9-10,13-16H2,1-4H3,(H,26,31)(H,27,29)/t19-,20?/m0/s1. The third-order valence-corrected chi connectivity index (χ3v) is 5.52. The zero-order chi connectivity index (χ0) is 25.1. The van der Waals surface area contributed by atoms with Crippen molar-refractivity contribution in [1.82, 2.24) is 10.6 Å². The van der Waals surface area contributed by atoms with Gasteiger partial charge in [-0.15, -0.1) is 0 Å². The molecule has 0 aliphatic heterocycles. The van der Waals surface area contributed by atoms with Gasteiger partial charge in [0.2, 0.25) is 5.91 Å². The lowest BCUT2D eigenvalue weighted by atomic mass is 9.83. The molecule has 0 aromatic heterocycles. The number of ketones is 1. The maximum Gasteiger partial charge on any atom is 0.408 e. The molecule has 1 aliphatic carbocycles. The Morgan fingerprint density at radius 1 is 1.00 bits per heavy atom. The van der Waals surface area contributed by atoms with Crippen LogP contribution in [0.4, 0.5) is 4.79 Å². The SMILES string of the molecule is COC(=O)C(NC(=O)[C@H](COC(C)(C)C)NC(=O)OCc1ccccc1)C(=O)C1CCCCC1. The second-order valence-corrected chi connectivity index (χ2v) is 9.38. The van der Waals surface area contributed by atoms with E-state index in [0.717, 1.165) is 31.9 Å². The molecule has 2 amide bonds. The molecule has 1 aliphatic rings. The van der Waals surface area contributed by atoms with Crippen molar-refractivity contribution in [3.8, 4) is 0 Å². The largest absolute Gasteiger partial charge is 0.467 e. The summed E-state index contributed by atoms with van der Waals surface area (Å²) in [6.07, 6.45) is 3.35. The molecule has 1 saturated carbocycles. The van der Waals surface area contributed by atoms with Crippen LogP contribution in [0.1, 0.15) is 58.4 Å². The number of ether oxygens (including phenoxy) is 3. The summed E-state index contributed by atoms with van der Waals surface area (Å²) in [4.78, 5) is 50.8. The van der Waals surface area contributed by atoms with Crippen molar-refractivity contribution in [2.45, 2.75) is 77.2 Å². The highest BCUT2D eigenvalue weighted by Crippen LogP contribution is 2.25. The first kappa shape index (κ1) is 27.3. The molecule has 0 saturated heterocycles. The fourth-order valence-electron chi connectivity index (χ4n) is 3.65. The highest BCUT2D eigenvalue weighted by Gasteiger charge is 2.37. The first-order valence-electron chi connectivity index (χ1n) is 11.6. The van der Waals surface area contributed by atoms with Gasteiger partial charge in [-0.2, -0.15) is 0 Å². The van der Waals surface area contributed by atoms with Gasteiger partial charge in [0.15, 0.2) is 11.8 Å². The summed E-state index contributed by atoms with van der Waals surface area (Å²) in [6, 6.07) is 6.46. The van der Waals surface area contributed by atoms with Crippen LogP contribution in [-0.2, 0) is 35.2 Å². The summed E-state index contributed by atoms with van der Waals surface area (Å²) in [5.74, 6) is -2.26. The summed E-state index contributed by atoms with van der Waals surface area (Å²) in [5.41, 5.74) is 0.196. The molecule has 2 rings (SSSR count). The van der Waals surface area contributed by atoms with E-state index in [1.165, 1.54) is 0 Å². The van der Waals surface area contributed by atoms with Crippen LogP contribution in [0.15, 0.2) is 30.3 Å². The van der Waals surface area contributed by atoms with E-state index in [1.54, 1.807) is 32.9 Å². The summed E-state index contributed by atoms with van der Waals surface area (Å²) in [5, 5.41) is 4.95. The van der Waals surface area contributed by atoms with Crippen LogP contribution < -0.4 is 10.6 Å². The van der Waals surface area contributed by atoms with E-state index in [2.05, 4.69) is 10.6 Å². The van der Waals surface area contributed by atoms with E-state index >= 15 is 0 Å². The highest BCUT2D eigenvalue weighted by atomic mass is 16.6. The molecule has 9 nitrogen and oxygen atoms in total. The molecule has 0 heterocycles. The van der Waals surface area contributed by atoms with Crippen LogP contribution in [0.5, 0.6) is 0 Å². The fraction of sp³-hybridized carbons (Fsp3) is 0.600. The number of benzene rings is 1. The number of nitrogens with one attached hydrogen (secondary N) is 2. The van der Waals surface area contributed by atoms with Crippen LogP contribution in [0.2, 0.25) is 0 Å². The Balaban J connectivity index is 2.08. The molecular weight excluding hydrogens is 440 g/mol. The van der Waals surface area contributed by atoms with E-state index in [4.69, 9.17) is 14.2 Å². The Hall–Kier alpha value is -2.94. The van der Waals surface area contributed by atoms with Crippen LogP contribution >= 0.6 is 0 Å². The lowest BCUT2D eigenvalue weighted by molar-refractivity contribution is -0.150. The molecule has 1 fully saturated rings. The van der Waals surface area contributed by atoms with Crippen molar-refractivity contribution in [1.29, 1.82) is 0 Å². The van der Waals surface area contributed by atoms with Crippen LogP contribution in [0.3, 0.4) is 0 Å². The topological polar surface area (TPSA) is 120 Å².